The van der Waals surface area contributed by atoms with Crippen molar-refractivity contribution in [2.24, 2.45) is 11.8 Å². The molecule has 1 aliphatic carbocycles. The lowest BCUT2D eigenvalue weighted by atomic mass is 9.89. The molecule has 8 nitrogen and oxygen atoms in total. The van der Waals surface area contributed by atoms with E-state index in [0.29, 0.717) is 19.4 Å². The van der Waals surface area contributed by atoms with Gasteiger partial charge in [0.25, 0.3) is 5.91 Å². The zero-order valence-electron chi connectivity index (χ0n) is 19.6. The number of benzene rings is 1. The summed E-state index contributed by atoms with van der Waals surface area (Å²) in [5.74, 6) is -3.09. The van der Waals surface area contributed by atoms with Crippen molar-refractivity contribution in [2.45, 2.75) is 64.0 Å². The fourth-order valence-corrected chi connectivity index (χ4v) is 4.58. The van der Waals surface area contributed by atoms with Gasteiger partial charge in [0, 0.05) is 30.3 Å². The molecule has 35 heavy (non-hydrogen) atoms. The Labute approximate surface area is 201 Å². The van der Waals surface area contributed by atoms with E-state index in [2.05, 4.69) is 20.9 Å². The van der Waals surface area contributed by atoms with Crippen LogP contribution in [0, 0.1) is 23.5 Å². The number of fused-ring (bicyclic) bond motifs is 1. The Morgan fingerprint density at radius 1 is 1.06 bits per heavy atom. The molecule has 2 aromatic rings. The van der Waals surface area contributed by atoms with Crippen LogP contribution in [0.15, 0.2) is 18.2 Å². The average molecular weight is 489 g/mol. The van der Waals surface area contributed by atoms with Crippen LogP contribution in [-0.4, -0.2) is 47.1 Å². The number of rotatable bonds is 10. The summed E-state index contributed by atoms with van der Waals surface area (Å²) >= 11 is 0. The van der Waals surface area contributed by atoms with Crippen molar-refractivity contribution in [3.8, 4) is 0 Å². The van der Waals surface area contributed by atoms with Gasteiger partial charge in [0.2, 0.25) is 11.8 Å². The minimum Gasteiger partial charge on any atom is -0.356 e. The number of nitrogens with one attached hydrogen (secondary N) is 4. The highest BCUT2D eigenvalue weighted by molar-refractivity contribution is 6.01. The largest absolute Gasteiger partial charge is 0.356 e. The number of piperidine rings is 1. The number of amides is 3. The predicted molar refractivity (Wildman–Crippen MR) is 124 cm³/mol. The summed E-state index contributed by atoms with van der Waals surface area (Å²) in [5, 5.41) is 8.45. The number of ketones is 1. The monoisotopic (exact) mass is 488 g/mol. The molecule has 0 unspecified atom stereocenters. The molecule has 2 aliphatic rings. The van der Waals surface area contributed by atoms with Gasteiger partial charge in [-0.2, -0.15) is 0 Å². The summed E-state index contributed by atoms with van der Waals surface area (Å²) in [5.41, 5.74) is -0.00253. The van der Waals surface area contributed by atoms with Crippen LogP contribution >= 0.6 is 0 Å². The van der Waals surface area contributed by atoms with E-state index in [0.717, 1.165) is 31.4 Å². The minimum absolute atomic E-state index is 0.000825. The van der Waals surface area contributed by atoms with Crippen LogP contribution in [0.1, 0.15) is 62.4 Å². The fraction of sp³-hybridized carbons (Fsp3) is 0.520. The number of aromatic nitrogens is 1. The van der Waals surface area contributed by atoms with E-state index in [-0.39, 0.29) is 53.0 Å². The number of hydrogen-bond acceptors (Lipinski definition) is 4. The van der Waals surface area contributed by atoms with E-state index in [4.69, 9.17) is 0 Å². The van der Waals surface area contributed by atoms with Gasteiger partial charge < -0.3 is 20.9 Å². The number of carbonyl (C=O) groups is 4. The number of aromatic amines is 1. The van der Waals surface area contributed by atoms with Crippen LogP contribution in [0.25, 0.3) is 10.9 Å². The first kappa shape index (κ1) is 24.8. The van der Waals surface area contributed by atoms with Gasteiger partial charge in [-0.3, -0.25) is 19.2 Å². The molecule has 0 bridgehead atoms. The van der Waals surface area contributed by atoms with Crippen molar-refractivity contribution in [3.63, 3.8) is 0 Å². The molecule has 10 heteroatoms. The molecule has 4 rings (SSSR count). The van der Waals surface area contributed by atoms with E-state index in [1.54, 1.807) is 6.92 Å². The molecule has 1 aromatic carbocycles. The lowest BCUT2D eigenvalue weighted by Crippen LogP contribution is -2.53. The van der Waals surface area contributed by atoms with Crippen LogP contribution in [0.5, 0.6) is 0 Å². The summed E-state index contributed by atoms with van der Waals surface area (Å²) in [7, 11) is 0. The second-order valence-electron chi connectivity index (χ2n) is 9.49. The van der Waals surface area contributed by atoms with E-state index in [1.807, 2.05) is 0 Å². The first-order valence-corrected chi connectivity index (χ1v) is 12.1. The van der Waals surface area contributed by atoms with Crippen molar-refractivity contribution in [3.05, 3.63) is 35.5 Å². The van der Waals surface area contributed by atoms with Gasteiger partial charge in [-0.25, -0.2) is 8.78 Å². The average Bonchev–Trinajstić information content (AvgIpc) is 3.54. The molecule has 1 saturated carbocycles. The highest BCUT2D eigenvalue weighted by atomic mass is 19.1. The second kappa shape index (κ2) is 10.5. The number of carbonyl (C=O) groups excluding carboxylic acids is 4. The SMILES string of the molecule is CCC(=O)[C@H](C[C@@H]1CCCNC1=O)NC(=O)[C@H](CC1CC1)NC(=O)c1cc2cc(F)cc(F)c2[nH]1. The van der Waals surface area contributed by atoms with Gasteiger partial charge in [-0.15, -0.1) is 0 Å². The lowest BCUT2D eigenvalue weighted by molar-refractivity contribution is -0.131. The minimum atomic E-state index is -0.907. The van der Waals surface area contributed by atoms with E-state index >= 15 is 0 Å². The van der Waals surface area contributed by atoms with Crippen LogP contribution < -0.4 is 16.0 Å². The quantitative estimate of drug-likeness (QED) is 0.411. The number of H-pyrrole nitrogens is 1. The molecule has 4 N–H and O–H groups in total. The van der Waals surface area contributed by atoms with Crippen molar-refractivity contribution in [2.75, 3.05) is 6.54 Å². The van der Waals surface area contributed by atoms with E-state index in [9.17, 15) is 28.0 Å². The fourth-order valence-electron chi connectivity index (χ4n) is 4.58. The van der Waals surface area contributed by atoms with Crippen molar-refractivity contribution in [1.82, 2.24) is 20.9 Å². The maximum Gasteiger partial charge on any atom is 0.268 e. The Kier molecular flexibility index (Phi) is 7.47. The van der Waals surface area contributed by atoms with E-state index < -0.39 is 35.5 Å². The molecule has 2 heterocycles. The maximum atomic E-state index is 14.0. The Balaban J connectivity index is 1.48. The maximum absolute atomic E-state index is 14.0. The van der Waals surface area contributed by atoms with Crippen molar-refractivity contribution < 1.29 is 28.0 Å². The molecule has 3 atom stereocenters. The summed E-state index contributed by atoms with van der Waals surface area (Å²) in [6, 6.07) is 1.43. The molecule has 0 radical (unpaired) electrons. The number of Topliss-reactive ketones (excluding diaryl/α,β-unsaturated/α-hetero) is 1. The van der Waals surface area contributed by atoms with Gasteiger partial charge >= 0.3 is 0 Å². The van der Waals surface area contributed by atoms with Gasteiger partial charge in [-0.05, 0) is 43.7 Å². The smallest absolute Gasteiger partial charge is 0.268 e. The van der Waals surface area contributed by atoms with Crippen LogP contribution in [0.4, 0.5) is 8.78 Å². The summed E-state index contributed by atoms with van der Waals surface area (Å²) in [6.07, 6.45) is 4.16. The molecule has 1 aromatic heterocycles. The van der Waals surface area contributed by atoms with Gasteiger partial charge in [0.05, 0.1) is 11.6 Å². The van der Waals surface area contributed by atoms with Gasteiger partial charge in [-0.1, -0.05) is 19.8 Å². The Morgan fingerprint density at radius 2 is 1.83 bits per heavy atom. The molecule has 1 aliphatic heterocycles. The normalized spacial score (nSPS) is 19.6. The predicted octanol–water partition coefficient (Wildman–Crippen LogP) is 2.72. The van der Waals surface area contributed by atoms with Crippen molar-refractivity contribution in [1.29, 1.82) is 0 Å². The Bertz CT molecular complexity index is 1140. The second-order valence-corrected chi connectivity index (χ2v) is 9.49. The number of halogens is 2. The lowest BCUT2D eigenvalue weighted by Gasteiger charge is -2.27. The molecule has 1 saturated heterocycles. The third-order valence-electron chi connectivity index (χ3n) is 6.75. The zero-order chi connectivity index (χ0) is 25.1. The van der Waals surface area contributed by atoms with Crippen molar-refractivity contribution >= 4 is 34.4 Å². The highest BCUT2D eigenvalue weighted by Crippen LogP contribution is 2.34. The standard InChI is InChI=1S/C25H30F2N4O4/c1-2-21(32)18(10-14-4-3-7-28-23(14)33)30-24(34)19(8-13-5-6-13)31-25(35)20-11-15-9-16(26)12-17(27)22(15)29-20/h9,11-14,18-19,29H,2-8,10H2,1H3,(H,28,33)(H,30,34)(H,31,35)/t14-,18-,19-/m0/s1. The molecule has 188 valence electrons. The number of hydrogen-bond donors (Lipinski definition) is 4. The highest BCUT2D eigenvalue weighted by Gasteiger charge is 2.34. The summed E-state index contributed by atoms with van der Waals surface area (Å²) in [6.45, 7) is 2.30. The Hall–Kier alpha value is -3.30. The van der Waals surface area contributed by atoms with Crippen LogP contribution in [-0.2, 0) is 14.4 Å². The van der Waals surface area contributed by atoms with Gasteiger partial charge in [0.1, 0.15) is 23.4 Å². The van der Waals surface area contributed by atoms with Crippen LogP contribution in [0.2, 0.25) is 0 Å². The molecule has 3 amide bonds. The van der Waals surface area contributed by atoms with Crippen LogP contribution in [0.3, 0.4) is 0 Å². The molecular weight excluding hydrogens is 458 g/mol. The zero-order valence-corrected chi connectivity index (χ0v) is 19.6. The van der Waals surface area contributed by atoms with Gasteiger partial charge in [0.15, 0.2) is 5.78 Å². The molecule has 2 fully saturated rings. The first-order chi connectivity index (χ1) is 16.7. The first-order valence-electron chi connectivity index (χ1n) is 12.1. The third-order valence-corrected chi connectivity index (χ3v) is 6.75. The summed E-state index contributed by atoms with van der Waals surface area (Å²) in [4.78, 5) is 53.5. The summed E-state index contributed by atoms with van der Waals surface area (Å²) < 4.78 is 27.6. The third kappa shape index (κ3) is 6.04. The molecular formula is C25H30F2N4O4. The Morgan fingerprint density at radius 3 is 2.51 bits per heavy atom. The molecule has 0 spiro atoms. The van der Waals surface area contributed by atoms with E-state index in [1.165, 1.54) is 6.07 Å². The topological polar surface area (TPSA) is 120 Å².